The first kappa shape index (κ1) is 23.3. The number of nitrogens with one attached hydrogen (secondary N) is 2. The molecule has 1 aromatic rings. The summed E-state index contributed by atoms with van der Waals surface area (Å²) in [6, 6.07) is 5.39. The molecule has 162 valence electrons. The summed E-state index contributed by atoms with van der Waals surface area (Å²) < 4.78 is 10.5. The van der Waals surface area contributed by atoms with Crippen molar-refractivity contribution in [2.75, 3.05) is 40.4 Å². The Balaban J connectivity index is 0.00000300. The number of nitrogens with zero attached hydrogens (tertiary/aromatic N) is 1. The molecule has 2 N–H and O–H groups in total. The van der Waals surface area contributed by atoms with Gasteiger partial charge >= 0.3 is 0 Å². The Morgan fingerprint density at radius 3 is 2.24 bits per heavy atom. The van der Waals surface area contributed by atoms with Gasteiger partial charge in [0.05, 0.1) is 14.2 Å². The highest BCUT2D eigenvalue weighted by atomic mass is 35.5. The number of ether oxygens (including phenoxy) is 2. The molecule has 29 heavy (non-hydrogen) atoms. The van der Waals surface area contributed by atoms with Crippen LogP contribution in [0.5, 0.6) is 11.5 Å². The van der Waals surface area contributed by atoms with E-state index in [1.54, 1.807) is 32.4 Å². The lowest BCUT2D eigenvalue weighted by Crippen LogP contribution is -2.52. The molecule has 7 nitrogen and oxygen atoms in total. The molecule has 0 bridgehead atoms. The Labute approximate surface area is 178 Å². The smallest absolute Gasteiger partial charge is 0.254 e. The molecule has 0 radical (unpaired) electrons. The molecule has 0 spiro atoms. The van der Waals surface area contributed by atoms with Crippen LogP contribution < -0.4 is 20.1 Å². The minimum atomic E-state index is -0.0545. The predicted octanol–water partition coefficient (Wildman–Crippen LogP) is 2.09. The van der Waals surface area contributed by atoms with Gasteiger partial charge in [-0.2, -0.15) is 0 Å². The summed E-state index contributed by atoms with van der Waals surface area (Å²) in [4.78, 5) is 27.3. The first-order valence-corrected chi connectivity index (χ1v) is 10.0. The summed E-state index contributed by atoms with van der Waals surface area (Å²) in [5, 5.41) is 6.55. The topological polar surface area (TPSA) is 79.9 Å². The van der Waals surface area contributed by atoms with Gasteiger partial charge in [-0.3, -0.25) is 9.59 Å². The van der Waals surface area contributed by atoms with Crippen molar-refractivity contribution in [3.63, 3.8) is 0 Å². The van der Waals surface area contributed by atoms with E-state index in [-0.39, 0.29) is 36.2 Å². The van der Waals surface area contributed by atoms with E-state index in [0.29, 0.717) is 48.9 Å². The number of halogens is 1. The van der Waals surface area contributed by atoms with E-state index in [2.05, 4.69) is 17.6 Å². The fourth-order valence-corrected chi connectivity index (χ4v) is 3.94. The molecule has 2 aliphatic rings. The van der Waals surface area contributed by atoms with Gasteiger partial charge in [-0.05, 0) is 43.9 Å². The van der Waals surface area contributed by atoms with Crippen LogP contribution in [0.3, 0.4) is 0 Å². The van der Waals surface area contributed by atoms with Gasteiger partial charge in [0.1, 0.15) is 11.5 Å². The lowest BCUT2D eigenvalue weighted by Gasteiger charge is -2.34. The molecule has 2 heterocycles. The molecule has 2 saturated heterocycles. The number of hydrogen-bond acceptors (Lipinski definition) is 5. The second-order valence-corrected chi connectivity index (χ2v) is 7.75. The molecule has 0 aromatic heterocycles. The third-order valence-electron chi connectivity index (χ3n) is 5.91. The van der Waals surface area contributed by atoms with Gasteiger partial charge in [0.25, 0.3) is 5.91 Å². The largest absolute Gasteiger partial charge is 0.497 e. The van der Waals surface area contributed by atoms with Crippen molar-refractivity contribution in [2.45, 2.75) is 32.2 Å². The number of benzene rings is 1. The van der Waals surface area contributed by atoms with E-state index in [1.165, 1.54) is 0 Å². The average molecular weight is 426 g/mol. The number of methoxy groups -OCH3 is 2. The van der Waals surface area contributed by atoms with Crippen molar-refractivity contribution < 1.29 is 19.1 Å². The summed E-state index contributed by atoms with van der Waals surface area (Å²) in [5.74, 6) is 1.71. The molecule has 8 heteroatoms. The van der Waals surface area contributed by atoms with Crippen molar-refractivity contribution in [3.05, 3.63) is 23.8 Å². The van der Waals surface area contributed by atoms with Gasteiger partial charge in [0, 0.05) is 43.2 Å². The molecular formula is C21H32ClN3O4. The Hall–Kier alpha value is -1.99. The second kappa shape index (κ2) is 10.7. The number of carbonyl (C=O) groups excluding carboxylic acids is 2. The Morgan fingerprint density at radius 1 is 1.07 bits per heavy atom. The van der Waals surface area contributed by atoms with Gasteiger partial charge in [-0.1, -0.05) is 6.92 Å². The van der Waals surface area contributed by atoms with E-state index in [4.69, 9.17) is 9.47 Å². The van der Waals surface area contributed by atoms with E-state index in [1.807, 2.05) is 4.90 Å². The zero-order valence-electron chi connectivity index (χ0n) is 17.4. The number of amides is 2. The molecule has 2 unspecified atom stereocenters. The van der Waals surface area contributed by atoms with Crippen LogP contribution >= 0.6 is 12.4 Å². The molecule has 0 aliphatic carbocycles. The molecule has 0 saturated carbocycles. The third kappa shape index (κ3) is 5.76. The quantitative estimate of drug-likeness (QED) is 0.755. The normalized spacial score (nSPS) is 22.4. The monoisotopic (exact) mass is 425 g/mol. The van der Waals surface area contributed by atoms with Crippen LogP contribution in [0.2, 0.25) is 0 Å². The summed E-state index contributed by atoms with van der Waals surface area (Å²) in [7, 11) is 3.13. The fourth-order valence-electron chi connectivity index (χ4n) is 3.94. The first-order chi connectivity index (χ1) is 13.5. The first-order valence-electron chi connectivity index (χ1n) is 10.0. The molecule has 2 atom stereocenters. The highest BCUT2D eigenvalue weighted by molar-refractivity contribution is 5.95. The Morgan fingerprint density at radius 2 is 1.69 bits per heavy atom. The van der Waals surface area contributed by atoms with Crippen LogP contribution in [0, 0.1) is 11.8 Å². The highest BCUT2D eigenvalue weighted by Crippen LogP contribution is 2.25. The van der Waals surface area contributed by atoms with Crippen LogP contribution in [0.4, 0.5) is 0 Å². The predicted molar refractivity (Wildman–Crippen MR) is 114 cm³/mol. The minimum Gasteiger partial charge on any atom is -0.497 e. The maximum atomic E-state index is 12.9. The molecule has 1 aromatic carbocycles. The molecule has 2 aliphatic heterocycles. The molecular weight excluding hydrogens is 394 g/mol. The summed E-state index contributed by atoms with van der Waals surface area (Å²) in [6.45, 7) is 5.20. The second-order valence-electron chi connectivity index (χ2n) is 7.75. The van der Waals surface area contributed by atoms with Crippen molar-refractivity contribution in [1.82, 2.24) is 15.5 Å². The maximum Gasteiger partial charge on any atom is 0.254 e. The summed E-state index contributed by atoms with van der Waals surface area (Å²) in [5.41, 5.74) is 0.543. The Kier molecular flexibility index (Phi) is 8.59. The highest BCUT2D eigenvalue weighted by Gasteiger charge is 2.31. The zero-order chi connectivity index (χ0) is 20.1. The fraction of sp³-hybridized carbons (Fsp3) is 0.619. The number of rotatable bonds is 5. The number of likely N-dealkylation sites (tertiary alicyclic amines) is 1. The standard InChI is InChI=1S/C21H31N3O4.ClH/c1-14-4-7-22-13-19(14)23-20(25)15-5-8-24(9-6-15)21(26)16-10-17(27-2)12-18(11-16)28-3;/h10-12,14-15,19,22H,4-9,13H2,1-3H3,(H,23,25);1H. The number of hydrogen-bond donors (Lipinski definition) is 2. The van der Waals surface area contributed by atoms with E-state index >= 15 is 0 Å². The van der Waals surface area contributed by atoms with Crippen molar-refractivity contribution in [1.29, 1.82) is 0 Å². The van der Waals surface area contributed by atoms with Gasteiger partial charge in [0.2, 0.25) is 5.91 Å². The van der Waals surface area contributed by atoms with E-state index in [0.717, 1.165) is 19.5 Å². The van der Waals surface area contributed by atoms with Crippen molar-refractivity contribution in [3.8, 4) is 11.5 Å². The average Bonchev–Trinajstić information content (AvgIpc) is 2.74. The maximum absolute atomic E-state index is 12.9. The summed E-state index contributed by atoms with van der Waals surface area (Å²) in [6.07, 6.45) is 2.46. The van der Waals surface area contributed by atoms with Gasteiger partial charge < -0.3 is 25.0 Å². The zero-order valence-corrected chi connectivity index (χ0v) is 18.2. The van der Waals surface area contributed by atoms with Crippen LogP contribution in [-0.2, 0) is 4.79 Å². The third-order valence-corrected chi connectivity index (χ3v) is 5.91. The van der Waals surface area contributed by atoms with Crippen molar-refractivity contribution in [2.24, 2.45) is 11.8 Å². The van der Waals surface area contributed by atoms with Crippen LogP contribution in [0.15, 0.2) is 18.2 Å². The van der Waals surface area contributed by atoms with Crippen LogP contribution in [0.1, 0.15) is 36.5 Å². The van der Waals surface area contributed by atoms with Crippen LogP contribution in [0.25, 0.3) is 0 Å². The molecule has 3 rings (SSSR count). The molecule has 2 fully saturated rings. The molecule has 2 amide bonds. The van der Waals surface area contributed by atoms with E-state index < -0.39 is 0 Å². The van der Waals surface area contributed by atoms with E-state index in [9.17, 15) is 9.59 Å². The van der Waals surface area contributed by atoms with Crippen LogP contribution in [-0.4, -0.2) is 63.2 Å². The number of piperidine rings is 2. The lowest BCUT2D eigenvalue weighted by molar-refractivity contribution is -0.127. The van der Waals surface area contributed by atoms with Gasteiger partial charge in [-0.15, -0.1) is 12.4 Å². The lowest BCUT2D eigenvalue weighted by atomic mass is 9.91. The summed E-state index contributed by atoms with van der Waals surface area (Å²) >= 11 is 0. The minimum absolute atomic E-state index is 0. The van der Waals surface area contributed by atoms with Gasteiger partial charge in [0.15, 0.2) is 0 Å². The Bertz CT molecular complexity index is 685. The van der Waals surface area contributed by atoms with Crippen molar-refractivity contribution >= 4 is 24.2 Å². The SMILES string of the molecule is COc1cc(OC)cc(C(=O)N2CCC(C(=O)NC3CNCCC3C)CC2)c1.Cl. The number of carbonyl (C=O) groups is 2. The van der Waals surface area contributed by atoms with Gasteiger partial charge in [-0.25, -0.2) is 0 Å².